The number of aromatic nitrogens is 1. The van der Waals surface area contributed by atoms with Gasteiger partial charge in [-0.1, -0.05) is 0 Å². The van der Waals surface area contributed by atoms with Gasteiger partial charge in [-0.3, -0.25) is 9.69 Å². The van der Waals surface area contributed by atoms with E-state index in [0.717, 1.165) is 51.3 Å². The summed E-state index contributed by atoms with van der Waals surface area (Å²) in [6, 6.07) is 4.32. The van der Waals surface area contributed by atoms with Crippen LogP contribution in [0.15, 0.2) is 18.3 Å². The lowest BCUT2D eigenvalue weighted by Gasteiger charge is -2.35. The summed E-state index contributed by atoms with van der Waals surface area (Å²) in [5.41, 5.74) is 6.73. The summed E-state index contributed by atoms with van der Waals surface area (Å²) in [6.45, 7) is 4.76. The summed E-state index contributed by atoms with van der Waals surface area (Å²) < 4.78 is 0. The van der Waals surface area contributed by atoms with Crippen LogP contribution in [0.4, 0.5) is 11.5 Å². The zero-order valence-corrected chi connectivity index (χ0v) is 12.3. The molecule has 21 heavy (non-hydrogen) atoms. The Kier molecular flexibility index (Phi) is 4.24. The second-order valence-corrected chi connectivity index (χ2v) is 5.86. The molecule has 2 aliphatic rings. The van der Waals surface area contributed by atoms with Crippen LogP contribution >= 0.6 is 0 Å². The van der Waals surface area contributed by atoms with Gasteiger partial charge in [0.05, 0.1) is 11.9 Å². The maximum absolute atomic E-state index is 11.7. The first-order chi connectivity index (χ1) is 10.2. The van der Waals surface area contributed by atoms with Crippen LogP contribution in [0.2, 0.25) is 0 Å². The van der Waals surface area contributed by atoms with Gasteiger partial charge in [0.1, 0.15) is 5.82 Å². The van der Waals surface area contributed by atoms with E-state index in [9.17, 15) is 4.79 Å². The van der Waals surface area contributed by atoms with E-state index in [4.69, 9.17) is 5.73 Å². The van der Waals surface area contributed by atoms with E-state index in [-0.39, 0.29) is 5.91 Å². The van der Waals surface area contributed by atoms with Crippen LogP contribution in [0.25, 0.3) is 0 Å². The van der Waals surface area contributed by atoms with Gasteiger partial charge in [-0.05, 0) is 25.0 Å². The van der Waals surface area contributed by atoms with Crippen LogP contribution in [-0.4, -0.2) is 54.6 Å². The minimum Gasteiger partial charge on any atom is -0.384 e. The molecule has 1 aliphatic heterocycles. The molecule has 1 saturated carbocycles. The molecule has 2 fully saturated rings. The highest BCUT2D eigenvalue weighted by atomic mass is 16.1. The zero-order valence-electron chi connectivity index (χ0n) is 12.3. The number of carbonyl (C=O) groups is 1. The third-order valence-corrected chi connectivity index (χ3v) is 4.11. The van der Waals surface area contributed by atoms with Gasteiger partial charge in [0, 0.05) is 45.2 Å². The topological polar surface area (TPSA) is 74.5 Å². The predicted octanol–water partition coefficient (Wildman–Crippen LogP) is 0.454. The quantitative estimate of drug-likeness (QED) is 0.823. The van der Waals surface area contributed by atoms with Gasteiger partial charge in [0.25, 0.3) is 0 Å². The lowest BCUT2D eigenvalue weighted by atomic mass is 10.2. The van der Waals surface area contributed by atoms with Gasteiger partial charge in [0.2, 0.25) is 5.91 Å². The van der Waals surface area contributed by atoms with Crippen molar-refractivity contribution in [1.82, 2.24) is 15.2 Å². The molecule has 6 nitrogen and oxygen atoms in total. The number of anilines is 2. The number of nitrogens with one attached hydrogen (secondary N) is 1. The molecule has 2 heterocycles. The van der Waals surface area contributed by atoms with Crippen molar-refractivity contribution in [2.75, 3.05) is 43.4 Å². The Labute approximate surface area is 125 Å². The fourth-order valence-corrected chi connectivity index (χ4v) is 2.60. The van der Waals surface area contributed by atoms with E-state index in [1.54, 1.807) is 0 Å². The van der Waals surface area contributed by atoms with Crippen molar-refractivity contribution in [2.24, 2.45) is 0 Å². The number of carbonyl (C=O) groups excluding carboxylic acids is 1. The fraction of sp³-hybridized carbons (Fsp3) is 0.600. The number of rotatable bonds is 5. The molecular formula is C15H23N5O. The maximum Gasteiger partial charge on any atom is 0.221 e. The van der Waals surface area contributed by atoms with Crippen molar-refractivity contribution in [2.45, 2.75) is 25.3 Å². The Morgan fingerprint density at radius 2 is 2.05 bits per heavy atom. The Morgan fingerprint density at radius 1 is 1.29 bits per heavy atom. The van der Waals surface area contributed by atoms with Crippen LogP contribution in [0.5, 0.6) is 0 Å². The molecule has 0 unspecified atom stereocenters. The first-order valence-electron chi connectivity index (χ1n) is 7.69. The van der Waals surface area contributed by atoms with Crippen molar-refractivity contribution < 1.29 is 4.79 Å². The van der Waals surface area contributed by atoms with Crippen LogP contribution in [-0.2, 0) is 4.79 Å². The Hall–Kier alpha value is -1.82. The summed E-state index contributed by atoms with van der Waals surface area (Å²) in [7, 11) is 0. The van der Waals surface area contributed by atoms with Gasteiger partial charge < -0.3 is 16.0 Å². The summed E-state index contributed by atoms with van der Waals surface area (Å²) >= 11 is 0. The molecule has 0 aromatic carbocycles. The van der Waals surface area contributed by atoms with Crippen LogP contribution in [0.1, 0.15) is 19.3 Å². The fourth-order valence-electron chi connectivity index (χ4n) is 2.60. The molecule has 0 radical (unpaired) electrons. The van der Waals surface area contributed by atoms with E-state index in [1.165, 1.54) is 0 Å². The van der Waals surface area contributed by atoms with E-state index in [1.807, 2.05) is 18.3 Å². The van der Waals surface area contributed by atoms with E-state index in [0.29, 0.717) is 18.3 Å². The van der Waals surface area contributed by atoms with Gasteiger partial charge in [-0.25, -0.2) is 4.98 Å². The van der Waals surface area contributed by atoms with Crippen molar-refractivity contribution in [3.05, 3.63) is 18.3 Å². The summed E-state index contributed by atoms with van der Waals surface area (Å²) in [5, 5.41) is 3.04. The highest BCUT2D eigenvalue weighted by molar-refractivity contribution is 5.76. The molecule has 1 amide bonds. The molecule has 0 spiro atoms. The number of nitrogen functional groups attached to an aromatic ring is 1. The van der Waals surface area contributed by atoms with Crippen LogP contribution < -0.4 is 16.0 Å². The van der Waals surface area contributed by atoms with Crippen molar-refractivity contribution >= 4 is 17.4 Å². The van der Waals surface area contributed by atoms with Gasteiger partial charge >= 0.3 is 0 Å². The SMILES string of the molecule is Nc1ccc(N2CCN(CCC(=O)NC3CC3)CC2)cn1. The summed E-state index contributed by atoms with van der Waals surface area (Å²) in [4.78, 5) is 20.5. The number of hydrogen-bond donors (Lipinski definition) is 2. The largest absolute Gasteiger partial charge is 0.384 e. The average Bonchev–Trinajstić information content (AvgIpc) is 3.30. The standard InChI is InChI=1S/C15H23N5O/c16-14-4-3-13(11-17-14)20-9-7-19(8-10-20)6-5-15(21)18-12-1-2-12/h3-4,11-12H,1-2,5-10H2,(H2,16,17)(H,18,21). The second-order valence-electron chi connectivity index (χ2n) is 5.86. The molecule has 1 saturated heterocycles. The molecular weight excluding hydrogens is 266 g/mol. The predicted molar refractivity (Wildman–Crippen MR) is 83.1 cm³/mol. The van der Waals surface area contributed by atoms with E-state index in [2.05, 4.69) is 20.1 Å². The Bertz CT molecular complexity index is 477. The number of hydrogen-bond acceptors (Lipinski definition) is 5. The number of nitrogens with two attached hydrogens (primary N) is 1. The van der Waals surface area contributed by atoms with Crippen molar-refractivity contribution in [3.63, 3.8) is 0 Å². The van der Waals surface area contributed by atoms with Gasteiger partial charge in [-0.2, -0.15) is 0 Å². The first-order valence-corrected chi connectivity index (χ1v) is 7.69. The number of piperazine rings is 1. The molecule has 1 aliphatic carbocycles. The highest BCUT2D eigenvalue weighted by Gasteiger charge is 2.23. The third kappa shape index (κ3) is 4.07. The van der Waals surface area contributed by atoms with Gasteiger partial charge in [0.15, 0.2) is 0 Å². The highest BCUT2D eigenvalue weighted by Crippen LogP contribution is 2.19. The lowest BCUT2D eigenvalue weighted by molar-refractivity contribution is -0.121. The lowest BCUT2D eigenvalue weighted by Crippen LogP contribution is -2.47. The number of nitrogens with zero attached hydrogens (tertiary/aromatic N) is 3. The normalized spacial score (nSPS) is 19.5. The van der Waals surface area contributed by atoms with Crippen molar-refractivity contribution in [1.29, 1.82) is 0 Å². The van der Waals surface area contributed by atoms with Crippen molar-refractivity contribution in [3.8, 4) is 0 Å². The third-order valence-electron chi connectivity index (χ3n) is 4.11. The Morgan fingerprint density at radius 3 is 2.67 bits per heavy atom. The zero-order chi connectivity index (χ0) is 14.7. The van der Waals surface area contributed by atoms with Crippen LogP contribution in [0.3, 0.4) is 0 Å². The molecule has 3 rings (SSSR count). The number of pyridine rings is 1. The average molecular weight is 289 g/mol. The molecule has 114 valence electrons. The van der Waals surface area contributed by atoms with Gasteiger partial charge in [-0.15, -0.1) is 0 Å². The molecule has 1 aromatic rings. The minimum absolute atomic E-state index is 0.197. The summed E-state index contributed by atoms with van der Waals surface area (Å²) in [5.74, 6) is 0.752. The van der Waals surface area contributed by atoms with E-state index >= 15 is 0 Å². The maximum atomic E-state index is 11.7. The molecule has 0 bridgehead atoms. The first kappa shape index (κ1) is 14.1. The Balaban J connectivity index is 1.40. The molecule has 6 heteroatoms. The second kappa shape index (κ2) is 6.30. The molecule has 1 aromatic heterocycles. The number of amides is 1. The van der Waals surface area contributed by atoms with Crippen LogP contribution in [0, 0.1) is 0 Å². The molecule has 0 atom stereocenters. The van der Waals surface area contributed by atoms with E-state index < -0.39 is 0 Å². The minimum atomic E-state index is 0.197. The molecule has 3 N–H and O–H groups in total. The summed E-state index contributed by atoms with van der Waals surface area (Å²) in [6.07, 6.45) is 4.74. The monoisotopic (exact) mass is 289 g/mol. The smallest absolute Gasteiger partial charge is 0.221 e.